The average molecular weight is 583 g/mol. The van der Waals surface area contributed by atoms with E-state index in [0.717, 1.165) is 25.0 Å². The minimum Gasteiger partial charge on any atom is -0.356 e. The van der Waals surface area contributed by atoms with Gasteiger partial charge in [-0.05, 0) is 61.1 Å². The van der Waals surface area contributed by atoms with Crippen molar-refractivity contribution in [2.24, 2.45) is 17.6 Å². The topological polar surface area (TPSA) is 105 Å². The molecule has 7 nitrogen and oxygen atoms in total. The Kier molecular flexibility index (Phi) is 14.1. The standard InChI is InChI=1S/C33H44F2N4O3/c1-6-16-39(17-7-2)33(42)26-12-9-11-25(20-26)32(41)38-30(13-8-10-24-14-15-27(34)28(35)19-24)29(36)18-23(5)31(40)37-21-22(3)4/h9,11-12,14-15,19-20,22-23,29-30H,6-7,10,16-18,21,36H2,1-5H3,(H,37,40)(H,38,41)/t23-,29+,30+/m1/s1. The first kappa shape index (κ1) is 34.4. The average Bonchev–Trinajstić information content (AvgIpc) is 2.96. The van der Waals surface area contributed by atoms with Gasteiger partial charge in [-0.2, -0.15) is 0 Å². The van der Waals surface area contributed by atoms with Crippen molar-refractivity contribution in [2.45, 2.75) is 72.4 Å². The molecule has 0 aliphatic carbocycles. The third-order valence-corrected chi connectivity index (χ3v) is 6.65. The van der Waals surface area contributed by atoms with Crippen molar-refractivity contribution < 1.29 is 23.2 Å². The Labute approximate surface area is 248 Å². The van der Waals surface area contributed by atoms with Crippen LogP contribution in [0.1, 0.15) is 80.2 Å². The summed E-state index contributed by atoms with van der Waals surface area (Å²) in [4.78, 5) is 40.8. The molecule has 0 aromatic heterocycles. The van der Waals surface area contributed by atoms with Gasteiger partial charge in [0, 0.05) is 49.1 Å². The van der Waals surface area contributed by atoms with E-state index < -0.39 is 35.5 Å². The van der Waals surface area contributed by atoms with Crippen LogP contribution in [0.2, 0.25) is 0 Å². The maximum Gasteiger partial charge on any atom is 0.253 e. The number of carbonyl (C=O) groups is 3. The maximum atomic E-state index is 13.6. The van der Waals surface area contributed by atoms with E-state index in [0.29, 0.717) is 36.7 Å². The van der Waals surface area contributed by atoms with Crippen molar-refractivity contribution in [3.8, 4) is 11.8 Å². The fourth-order valence-electron chi connectivity index (χ4n) is 4.35. The molecule has 228 valence electrons. The summed E-state index contributed by atoms with van der Waals surface area (Å²) in [6.45, 7) is 11.5. The monoisotopic (exact) mass is 582 g/mol. The molecule has 3 atom stereocenters. The molecule has 4 N–H and O–H groups in total. The molecule has 0 unspecified atom stereocenters. The van der Waals surface area contributed by atoms with Crippen LogP contribution in [0, 0.1) is 35.3 Å². The number of nitrogens with two attached hydrogens (primary N) is 1. The summed E-state index contributed by atoms with van der Waals surface area (Å²) in [7, 11) is 0. The summed E-state index contributed by atoms with van der Waals surface area (Å²) in [5.41, 5.74) is 7.63. The Bertz CT molecular complexity index is 1270. The lowest BCUT2D eigenvalue weighted by Crippen LogP contribution is -2.48. The molecule has 0 aliphatic heterocycles. The highest BCUT2D eigenvalue weighted by atomic mass is 19.2. The van der Waals surface area contributed by atoms with E-state index in [1.807, 2.05) is 27.7 Å². The quantitative estimate of drug-likeness (QED) is 0.281. The number of amides is 3. The van der Waals surface area contributed by atoms with Crippen molar-refractivity contribution in [3.63, 3.8) is 0 Å². The molecule has 0 radical (unpaired) electrons. The van der Waals surface area contributed by atoms with E-state index in [-0.39, 0.29) is 30.2 Å². The van der Waals surface area contributed by atoms with Crippen LogP contribution in [0.3, 0.4) is 0 Å². The predicted octanol–water partition coefficient (Wildman–Crippen LogP) is 4.70. The zero-order chi connectivity index (χ0) is 31.2. The van der Waals surface area contributed by atoms with E-state index in [9.17, 15) is 23.2 Å². The molecule has 3 amide bonds. The van der Waals surface area contributed by atoms with Crippen LogP contribution in [0.5, 0.6) is 0 Å². The minimum absolute atomic E-state index is 0.107. The second-order valence-electron chi connectivity index (χ2n) is 11.0. The predicted molar refractivity (Wildman–Crippen MR) is 162 cm³/mol. The summed E-state index contributed by atoms with van der Waals surface area (Å²) in [6, 6.07) is 8.48. The molecule has 0 heterocycles. The van der Waals surface area contributed by atoms with Crippen LogP contribution in [0.15, 0.2) is 42.5 Å². The van der Waals surface area contributed by atoms with E-state index in [2.05, 4.69) is 22.5 Å². The molecule has 9 heteroatoms. The number of hydrogen-bond donors (Lipinski definition) is 3. The van der Waals surface area contributed by atoms with Gasteiger partial charge in [0.2, 0.25) is 5.91 Å². The van der Waals surface area contributed by atoms with Crippen LogP contribution in [-0.2, 0) is 11.2 Å². The summed E-state index contributed by atoms with van der Waals surface area (Å²) >= 11 is 0. The Morgan fingerprint density at radius 1 is 0.952 bits per heavy atom. The highest BCUT2D eigenvalue weighted by Gasteiger charge is 2.25. The van der Waals surface area contributed by atoms with Gasteiger partial charge in [-0.15, -0.1) is 0 Å². The molecule has 0 spiro atoms. The Morgan fingerprint density at radius 2 is 1.62 bits per heavy atom. The van der Waals surface area contributed by atoms with Crippen LogP contribution < -0.4 is 16.4 Å². The fourth-order valence-corrected chi connectivity index (χ4v) is 4.35. The third-order valence-electron chi connectivity index (χ3n) is 6.65. The number of halogens is 2. The summed E-state index contributed by atoms with van der Waals surface area (Å²) in [5, 5.41) is 5.74. The summed E-state index contributed by atoms with van der Waals surface area (Å²) in [6.07, 6.45) is 2.00. The molecule has 42 heavy (non-hydrogen) atoms. The number of hydrogen-bond acceptors (Lipinski definition) is 4. The van der Waals surface area contributed by atoms with E-state index in [1.165, 1.54) is 6.07 Å². The lowest BCUT2D eigenvalue weighted by atomic mass is 9.95. The van der Waals surface area contributed by atoms with Gasteiger partial charge in [-0.3, -0.25) is 14.4 Å². The maximum absolute atomic E-state index is 13.6. The number of rotatable bonds is 14. The normalized spacial score (nSPS) is 13.0. The lowest BCUT2D eigenvalue weighted by Gasteiger charge is -2.24. The highest BCUT2D eigenvalue weighted by molar-refractivity contribution is 6.00. The Balaban J connectivity index is 2.26. The first-order valence-corrected chi connectivity index (χ1v) is 14.6. The molecule has 2 aromatic rings. The highest BCUT2D eigenvalue weighted by Crippen LogP contribution is 2.13. The van der Waals surface area contributed by atoms with Crippen LogP contribution in [0.25, 0.3) is 0 Å². The number of nitrogens with one attached hydrogen (secondary N) is 2. The van der Waals surface area contributed by atoms with E-state index in [1.54, 1.807) is 36.1 Å². The molecule has 2 aromatic carbocycles. The van der Waals surface area contributed by atoms with E-state index in [4.69, 9.17) is 5.73 Å². The van der Waals surface area contributed by atoms with Crippen molar-refractivity contribution >= 4 is 17.7 Å². The molecular formula is C33H44F2N4O3. The number of carbonyl (C=O) groups excluding carboxylic acids is 3. The minimum atomic E-state index is -0.969. The van der Waals surface area contributed by atoms with Gasteiger partial charge in [0.05, 0.1) is 0 Å². The van der Waals surface area contributed by atoms with Gasteiger partial charge in [0.25, 0.3) is 11.8 Å². The SMILES string of the molecule is CCCN(CCC)C(=O)c1cccc(C(=O)N[C@@H](C#CCc2ccc(F)c(F)c2)[C@@H](N)C[C@@H](C)C(=O)NCC(C)C)c1. The van der Waals surface area contributed by atoms with Crippen LogP contribution >= 0.6 is 0 Å². The Hall–Kier alpha value is -3.77. The molecule has 0 bridgehead atoms. The summed E-state index contributed by atoms with van der Waals surface area (Å²) in [5.74, 6) is 3.05. The van der Waals surface area contributed by atoms with E-state index >= 15 is 0 Å². The number of benzene rings is 2. The van der Waals surface area contributed by atoms with Crippen molar-refractivity contribution in [2.75, 3.05) is 19.6 Å². The van der Waals surface area contributed by atoms with Crippen molar-refractivity contribution in [1.29, 1.82) is 0 Å². The first-order valence-electron chi connectivity index (χ1n) is 14.6. The van der Waals surface area contributed by atoms with Crippen molar-refractivity contribution in [3.05, 3.63) is 70.8 Å². The largest absolute Gasteiger partial charge is 0.356 e. The molecule has 0 saturated heterocycles. The summed E-state index contributed by atoms with van der Waals surface area (Å²) < 4.78 is 27.0. The third kappa shape index (κ3) is 10.9. The zero-order valence-electron chi connectivity index (χ0n) is 25.3. The van der Waals surface area contributed by atoms with Gasteiger partial charge >= 0.3 is 0 Å². The fraction of sp³-hybridized carbons (Fsp3) is 0.485. The lowest BCUT2D eigenvalue weighted by molar-refractivity contribution is -0.125. The van der Waals surface area contributed by atoms with Crippen LogP contribution in [0.4, 0.5) is 8.78 Å². The van der Waals surface area contributed by atoms with Gasteiger partial charge in [-0.1, -0.05) is 58.6 Å². The van der Waals surface area contributed by atoms with Crippen LogP contribution in [-0.4, -0.2) is 54.3 Å². The second kappa shape index (κ2) is 17.2. The zero-order valence-corrected chi connectivity index (χ0v) is 25.3. The van der Waals surface area contributed by atoms with Gasteiger partial charge in [0.1, 0.15) is 6.04 Å². The molecule has 0 aliphatic rings. The first-order chi connectivity index (χ1) is 20.0. The smallest absolute Gasteiger partial charge is 0.253 e. The van der Waals surface area contributed by atoms with Gasteiger partial charge in [0.15, 0.2) is 11.6 Å². The Morgan fingerprint density at radius 3 is 2.24 bits per heavy atom. The molecule has 0 saturated carbocycles. The molecule has 0 fully saturated rings. The van der Waals surface area contributed by atoms with Gasteiger partial charge < -0.3 is 21.3 Å². The molecular weight excluding hydrogens is 538 g/mol. The number of nitrogens with zero attached hydrogens (tertiary/aromatic N) is 1. The van der Waals surface area contributed by atoms with Crippen molar-refractivity contribution in [1.82, 2.24) is 15.5 Å². The van der Waals surface area contributed by atoms with Gasteiger partial charge in [-0.25, -0.2) is 8.78 Å². The second-order valence-corrected chi connectivity index (χ2v) is 11.0. The molecule has 2 rings (SSSR count).